The molecular formula is C15H17ClN2O4. The van der Waals surface area contributed by atoms with Crippen molar-refractivity contribution in [3.63, 3.8) is 0 Å². The number of rotatable bonds is 4. The summed E-state index contributed by atoms with van der Waals surface area (Å²) in [5, 5.41) is 14.5. The molecule has 0 aliphatic heterocycles. The summed E-state index contributed by atoms with van der Waals surface area (Å²) in [7, 11) is 1.49. The highest BCUT2D eigenvalue weighted by Crippen LogP contribution is 2.32. The number of halogens is 1. The summed E-state index contributed by atoms with van der Waals surface area (Å²) in [6, 6.07) is 4.65. The lowest BCUT2D eigenvalue weighted by atomic mass is 10.0. The van der Waals surface area contributed by atoms with Crippen molar-refractivity contribution >= 4 is 35.1 Å². The fourth-order valence-electron chi connectivity index (χ4n) is 2.60. The number of anilines is 1. The van der Waals surface area contributed by atoms with Gasteiger partial charge in [-0.25, -0.2) is 0 Å². The zero-order valence-electron chi connectivity index (χ0n) is 12.1. The minimum atomic E-state index is -0.858. The minimum absolute atomic E-state index is 0.228. The lowest BCUT2D eigenvalue weighted by Crippen LogP contribution is -2.22. The van der Waals surface area contributed by atoms with Gasteiger partial charge in [-0.2, -0.15) is 0 Å². The molecule has 0 heterocycles. The summed E-state index contributed by atoms with van der Waals surface area (Å²) in [5.41, 5.74) is 0.739. The van der Waals surface area contributed by atoms with E-state index >= 15 is 0 Å². The number of amides is 2. The third-order valence-corrected chi connectivity index (χ3v) is 4.19. The van der Waals surface area contributed by atoms with Crippen molar-refractivity contribution in [2.45, 2.75) is 19.3 Å². The molecular weight excluding hydrogens is 308 g/mol. The van der Waals surface area contributed by atoms with Crippen molar-refractivity contribution in [1.82, 2.24) is 5.32 Å². The van der Waals surface area contributed by atoms with Gasteiger partial charge in [0.25, 0.3) is 5.91 Å². The zero-order chi connectivity index (χ0) is 16.3. The highest BCUT2D eigenvalue weighted by Gasteiger charge is 2.33. The van der Waals surface area contributed by atoms with E-state index < -0.39 is 11.9 Å². The molecule has 0 spiro atoms. The quantitative estimate of drug-likeness (QED) is 0.790. The molecule has 7 heteroatoms. The van der Waals surface area contributed by atoms with Crippen LogP contribution in [0, 0.1) is 11.8 Å². The predicted octanol–water partition coefficient (Wildman–Crippen LogP) is 2.14. The molecule has 1 fully saturated rings. The Kier molecular flexibility index (Phi) is 5.03. The van der Waals surface area contributed by atoms with Crippen LogP contribution in [0.1, 0.15) is 29.6 Å². The zero-order valence-corrected chi connectivity index (χ0v) is 12.8. The average molecular weight is 325 g/mol. The molecule has 1 aliphatic rings. The van der Waals surface area contributed by atoms with Crippen molar-refractivity contribution in [2.75, 3.05) is 12.4 Å². The van der Waals surface area contributed by atoms with Crippen LogP contribution in [-0.4, -0.2) is 29.9 Å². The first-order valence-corrected chi connectivity index (χ1v) is 7.35. The molecule has 0 aromatic heterocycles. The van der Waals surface area contributed by atoms with E-state index in [1.54, 1.807) is 6.07 Å². The van der Waals surface area contributed by atoms with E-state index in [9.17, 15) is 14.4 Å². The summed E-state index contributed by atoms with van der Waals surface area (Å²) in [6.45, 7) is 0. The molecule has 0 radical (unpaired) electrons. The second-order valence-electron chi connectivity index (χ2n) is 5.31. The summed E-state index contributed by atoms with van der Waals surface area (Å²) in [6.07, 6.45) is 1.41. The molecule has 1 aliphatic carbocycles. The van der Waals surface area contributed by atoms with E-state index in [1.165, 1.54) is 19.2 Å². The molecule has 6 nitrogen and oxygen atoms in total. The van der Waals surface area contributed by atoms with Gasteiger partial charge in [0.05, 0.1) is 16.5 Å². The van der Waals surface area contributed by atoms with E-state index in [2.05, 4.69) is 10.6 Å². The molecule has 1 saturated carbocycles. The third-order valence-electron chi connectivity index (χ3n) is 3.86. The number of hydrogen-bond donors (Lipinski definition) is 3. The van der Waals surface area contributed by atoms with Crippen molar-refractivity contribution in [3.05, 3.63) is 28.8 Å². The Morgan fingerprint density at radius 1 is 1.23 bits per heavy atom. The van der Waals surface area contributed by atoms with Crippen LogP contribution in [0.15, 0.2) is 18.2 Å². The Morgan fingerprint density at radius 2 is 1.91 bits per heavy atom. The van der Waals surface area contributed by atoms with E-state index in [4.69, 9.17) is 16.7 Å². The van der Waals surface area contributed by atoms with Crippen LogP contribution in [0.5, 0.6) is 0 Å². The lowest BCUT2D eigenvalue weighted by Gasteiger charge is -2.12. The topological polar surface area (TPSA) is 95.5 Å². The number of benzene rings is 1. The summed E-state index contributed by atoms with van der Waals surface area (Å²) in [5.74, 6) is -2.20. The van der Waals surface area contributed by atoms with Gasteiger partial charge < -0.3 is 15.7 Å². The summed E-state index contributed by atoms with van der Waals surface area (Å²) >= 11 is 5.95. The number of carboxylic acids is 1. The van der Waals surface area contributed by atoms with Crippen molar-refractivity contribution in [3.8, 4) is 0 Å². The first-order valence-electron chi connectivity index (χ1n) is 6.97. The lowest BCUT2D eigenvalue weighted by molar-refractivity contribution is -0.141. The van der Waals surface area contributed by atoms with Crippen molar-refractivity contribution in [2.24, 2.45) is 11.8 Å². The highest BCUT2D eigenvalue weighted by atomic mass is 35.5. The molecule has 0 saturated heterocycles. The maximum absolute atomic E-state index is 12.2. The molecule has 3 N–H and O–H groups in total. The first kappa shape index (κ1) is 16.3. The fraction of sp³-hybridized carbons (Fsp3) is 0.400. The molecule has 0 bridgehead atoms. The normalized spacial score (nSPS) is 20.5. The molecule has 1 aromatic carbocycles. The second-order valence-corrected chi connectivity index (χ2v) is 5.72. The van der Waals surface area contributed by atoms with Gasteiger partial charge in [-0.15, -0.1) is 0 Å². The van der Waals surface area contributed by atoms with Crippen LogP contribution >= 0.6 is 11.6 Å². The number of carbonyl (C=O) groups excluding carboxylic acids is 2. The van der Waals surface area contributed by atoms with Crippen LogP contribution in [0.4, 0.5) is 5.69 Å². The van der Waals surface area contributed by atoms with Gasteiger partial charge in [-0.3, -0.25) is 14.4 Å². The van der Waals surface area contributed by atoms with Gasteiger partial charge in [0.2, 0.25) is 5.91 Å². The summed E-state index contributed by atoms with van der Waals surface area (Å²) < 4.78 is 0. The molecule has 118 valence electrons. The first-order chi connectivity index (χ1) is 10.4. The average Bonchev–Trinajstić information content (AvgIpc) is 2.98. The van der Waals surface area contributed by atoms with Crippen LogP contribution in [0.3, 0.4) is 0 Å². The molecule has 2 rings (SSSR count). The monoisotopic (exact) mass is 324 g/mol. The Bertz CT molecular complexity index is 618. The van der Waals surface area contributed by atoms with E-state index in [0.29, 0.717) is 30.0 Å². The maximum Gasteiger partial charge on any atom is 0.306 e. The SMILES string of the molecule is CNC(=O)c1cc(NC(=O)[C@@H]2CC[C@H](C(=O)O)C2)ccc1Cl. The second kappa shape index (κ2) is 6.79. The van der Waals surface area contributed by atoms with Crippen LogP contribution in [0.2, 0.25) is 5.02 Å². The van der Waals surface area contributed by atoms with Gasteiger partial charge in [0.15, 0.2) is 0 Å². The number of aliphatic carboxylic acids is 1. The molecule has 0 unspecified atom stereocenters. The molecule has 2 atom stereocenters. The van der Waals surface area contributed by atoms with Gasteiger partial charge in [0.1, 0.15) is 0 Å². The van der Waals surface area contributed by atoms with Gasteiger partial charge in [-0.1, -0.05) is 11.6 Å². The van der Waals surface area contributed by atoms with Crippen LogP contribution in [0.25, 0.3) is 0 Å². The molecule has 1 aromatic rings. The Morgan fingerprint density at radius 3 is 2.50 bits per heavy atom. The minimum Gasteiger partial charge on any atom is -0.481 e. The van der Waals surface area contributed by atoms with Gasteiger partial charge in [-0.05, 0) is 37.5 Å². The standard InChI is InChI=1S/C15H17ClN2O4/c1-17-14(20)11-7-10(4-5-12(11)16)18-13(19)8-2-3-9(6-8)15(21)22/h4-5,7-9H,2-3,6H2,1H3,(H,17,20)(H,18,19)(H,21,22)/t8-,9+/m1/s1. The number of nitrogens with one attached hydrogen (secondary N) is 2. The van der Waals surface area contributed by atoms with Crippen LogP contribution < -0.4 is 10.6 Å². The third kappa shape index (κ3) is 3.57. The van der Waals surface area contributed by atoms with Crippen molar-refractivity contribution < 1.29 is 19.5 Å². The predicted molar refractivity (Wildman–Crippen MR) is 81.9 cm³/mol. The Labute approximate surface area is 132 Å². The van der Waals surface area contributed by atoms with E-state index in [1.807, 2.05) is 0 Å². The van der Waals surface area contributed by atoms with Crippen molar-refractivity contribution in [1.29, 1.82) is 0 Å². The van der Waals surface area contributed by atoms with Crippen LogP contribution in [-0.2, 0) is 9.59 Å². The fourth-order valence-corrected chi connectivity index (χ4v) is 2.80. The number of carbonyl (C=O) groups is 3. The number of hydrogen-bond acceptors (Lipinski definition) is 3. The largest absolute Gasteiger partial charge is 0.481 e. The summed E-state index contributed by atoms with van der Waals surface area (Å²) in [4.78, 5) is 34.8. The number of carboxylic acid groups (broad SMARTS) is 1. The smallest absolute Gasteiger partial charge is 0.306 e. The van der Waals surface area contributed by atoms with E-state index in [0.717, 1.165) is 0 Å². The molecule has 22 heavy (non-hydrogen) atoms. The Hall–Kier alpha value is -2.08. The Balaban J connectivity index is 2.06. The molecule has 2 amide bonds. The van der Waals surface area contributed by atoms with Gasteiger partial charge in [0, 0.05) is 18.7 Å². The highest BCUT2D eigenvalue weighted by molar-refractivity contribution is 6.34. The maximum atomic E-state index is 12.2. The van der Waals surface area contributed by atoms with Gasteiger partial charge >= 0.3 is 5.97 Å². The van der Waals surface area contributed by atoms with E-state index in [-0.39, 0.29) is 23.3 Å².